The van der Waals surface area contributed by atoms with Crippen LogP contribution in [0.5, 0.6) is 0 Å². The highest BCUT2D eigenvalue weighted by atomic mass is 28.3. The summed E-state index contributed by atoms with van der Waals surface area (Å²) in [6, 6.07) is 14.0. The first-order chi connectivity index (χ1) is 28.5. The maximum atomic E-state index is 14.0. The van der Waals surface area contributed by atoms with Gasteiger partial charge < -0.3 is 50.1 Å². The van der Waals surface area contributed by atoms with Gasteiger partial charge in [0.1, 0.15) is 23.7 Å². The number of rotatable bonds is 13. The fourth-order valence-electron chi connectivity index (χ4n) is 8.14. The molecular weight excluding hydrogens is 785 g/mol. The number of methoxy groups -OCH3 is 2. The van der Waals surface area contributed by atoms with Gasteiger partial charge in [-0.15, -0.1) is 0 Å². The summed E-state index contributed by atoms with van der Waals surface area (Å²) in [5, 5.41) is 26.8. The van der Waals surface area contributed by atoms with Crippen molar-refractivity contribution in [2.24, 2.45) is 11.8 Å². The van der Waals surface area contributed by atoms with Gasteiger partial charge in [0.05, 0.1) is 70.4 Å². The number of aromatic nitrogens is 4. The summed E-state index contributed by atoms with van der Waals surface area (Å²) in [4.78, 5) is 71.6. The molecule has 4 amide bonds. The van der Waals surface area contributed by atoms with Crippen LogP contribution in [0.2, 0.25) is 19.1 Å². The van der Waals surface area contributed by atoms with E-state index in [0.29, 0.717) is 30.8 Å². The number of aromatic amines is 2. The first kappa shape index (κ1) is 44.0. The predicted octanol–water partition coefficient (Wildman–Crippen LogP) is 5.41. The van der Waals surface area contributed by atoms with E-state index in [1.807, 2.05) is 48.5 Å². The lowest BCUT2D eigenvalue weighted by Gasteiger charge is -2.32. The fourth-order valence-corrected chi connectivity index (χ4v) is 11.0. The third-order valence-corrected chi connectivity index (χ3v) is 14.3. The Kier molecular flexibility index (Phi) is 13.5. The summed E-state index contributed by atoms with van der Waals surface area (Å²) in [5.41, 5.74) is 5.49. The average molecular weight is 843 g/mol. The molecule has 17 heteroatoms. The zero-order valence-electron chi connectivity index (χ0n) is 35.6. The van der Waals surface area contributed by atoms with Gasteiger partial charge in [-0.25, -0.2) is 19.6 Å². The highest BCUT2D eigenvalue weighted by Gasteiger charge is 2.47. The monoisotopic (exact) mass is 842 g/mol. The molecule has 2 aliphatic heterocycles. The van der Waals surface area contributed by atoms with Crippen LogP contribution in [0.15, 0.2) is 60.9 Å². The zero-order chi connectivity index (χ0) is 43.5. The average Bonchev–Trinajstić information content (AvgIpc) is 4.07. The highest BCUT2D eigenvalue weighted by Crippen LogP contribution is 2.39. The molecule has 6 atom stereocenters. The smallest absolute Gasteiger partial charge is 0.407 e. The molecule has 0 spiro atoms. The van der Waals surface area contributed by atoms with E-state index in [0.717, 1.165) is 46.1 Å². The van der Waals surface area contributed by atoms with E-state index in [9.17, 15) is 29.4 Å². The van der Waals surface area contributed by atoms with Gasteiger partial charge in [0.25, 0.3) is 0 Å². The third-order valence-electron chi connectivity index (χ3n) is 11.6. The quantitative estimate of drug-likeness (QED) is 0.0942. The number of carbonyl (C=O) groups excluding carboxylic acids is 4. The van der Waals surface area contributed by atoms with Crippen molar-refractivity contribution in [1.29, 1.82) is 0 Å². The minimum Gasteiger partial charge on any atom is -0.453 e. The molecule has 4 aromatic rings. The predicted molar refractivity (Wildman–Crippen MR) is 228 cm³/mol. The van der Waals surface area contributed by atoms with Crippen molar-refractivity contribution in [3.63, 3.8) is 0 Å². The summed E-state index contributed by atoms with van der Waals surface area (Å²) in [6.07, 6.45) is 1.78. The minimum absolute atomic E-state index is 0.272. The Morgan fingerprint density at radius 2 is 1.12 bits per heavy atom. The molecule has 2 aliphatic rings. The fraction of sp³-hybridized carbons (Fsp3) is 0.488. The number of carbonyl (C=O) groups is 4. The second-order valence-electron chi connectivity index (χ2n) is 17.3. The van der Waals surface area contributed by atoms with Crippen molar-refractivity contribution in [2.75, 3.05) is 26.9 Å². The van der Waals surface area contributed by atoms with Gasteiger partial charge >= 0.3 is 12.2 Å². The van der Waals surface area contributed by atoms with Crippen LogP contribution in [-0.4, -0.2) is 123 Å². The van der Waals surface area contributed by atoms with E-state index in [2.05, 4.69) is 38.7 Å². The number of aliphatic hydroxyl groups excluding tert-OH is 2. The van der Waals surface area contributed by atoms with Crippen LogP contribution in [0.4, 0.5) is 9.59 Å². The maximum absolute atomic E-state index is 14.0. The van der Waals surface area contributed by atoms with Crippen molar-refractivity contribution < 1.29 is 38.9 Å². The zero-order valence-corrected chi connectivity index (χ0v) is 36.6. The normalized spacial score (nSPS) is 19.5. The summed E-state index contributed by atoms with van der Waals surface area (Å²) in [6.45, 7) is 12.1. The number of likely N-dealkylation sites (tertiary alicyclic amines) is 1. The molecule has 322 valence electrons. The lowest BCUT2D eigenvalue weighted by atomic mass is 9.98. The molecule has 2 saturated heterocycles. The second kappa shape index (κ2) is 18.4. The van der Waals surface area contributed by atoms with Crippen LogP contribution in [0.3, 0.4) is 0 Å². The van der Waals surface area contributed by atoms with Crippen molar-refractivity contribution in [2.45, 2.75) is 96.1 Å². The molecule has 0 radical (unpaired) electrons. The van der Waals surface area contributed by atoms with Crippen molar-refractivity contribution in [3.8, 4) is 33.6 Å². The van der Waals surface area contributed by atoms with Gasteiger partial charge in [0.2, 0.25) is 11.8 Å². The van der Waals surface area contributed by atoms with Gasteiger partial charge in [0, 0.05) is 12.7 Å². The lowest BCUT2D eigenvalue weighted by Crippen LogP contribution is -2.56. The van der Waals surface area contributed by atoms with Crippen LogP contribution < -0.4 is 10.6 Å². The molecule has 2 aromatic heterocycles. The van der Waals surface area contributed by atoms with E-state index in [1.165, 1.54) is 14.2 Å². The van der Waals surface area contributed by atoms with Crippen LogP contribution in [0, 0.1) is 11.8 Å². The first-order valence-corrected chi connectivity index (χ1v) is 23.9. The number of hydrogen-bond donors (Lipinski definition) is 6. The molecule has 2 fully saturated rings. The van der Waals surface area contributed by atoms with Crippen LogP contribution in [0.1, 0.15) is 64.3 Å². The number of alkyl carbamates (subject to hydrolysis) is 2. The van der Waals surface area contributed by atoms with Crippen LogP contribution >= 0.6 is 0 Å². The number of ether oxygens (including phenoxy) is 2. The topological polar surface area (TPSA) is 215 Å². The maximum Gasteiger partial charge on any atom is 0.407 e. The number of H-pyrrole nitrogens is 2. The molecule has 60 heavy (non-hydrogen) atoms. The first-order valence-electron chi connectivity index (χ1n) is 20.5. The van der Waals surface area contributed by atoms with E-state index < -0.39 is 44.6 Å². The summed E-state index contributed by atoms with van der Waals surface area (Å²) >= 11 is 0. The summed E-state index contributed by atoms with van der Waals surface area (Å²) < 4.78 is 9.49. The van der Waals surface area contributed by atoms with Crippen molar-refractivity contribution >= 4 is 32.1 Å². The van der Waals surface area contributed by atoms with Gasteiger partial charge in [-0.3, -0.25) is 9.59 Å². The van der Waals surface area contributed by atoms with E-state index >= 15 is 0 Å². The number of imidazole rings is 2. The number of aliphatic hydroxyl groups is 2. The van der Waals surface area contributed by atoms with E-state index in [-0.39, 0.29) is 35.7 Å². The lowest BCUT2D eigenvalue weighted by molar-refractivity contribution is -0.138. The molecule has 6 rings (SSSR count). The molecular formula is C43H58N8O8Si. The van der Waals surface area contributed by atoms with Gasteiger partial charge in [-0.05, 0) is 53.0 Å². The van der Waals surface area contributed by atoms with E-state index in [1.54, 1.807) is 49.9 Å². The molecule has 16 nitrogen and oxygen atoms in total. The molecule has 0 aliphatic carbocycles. The Labute approximate surface area is 351 Å². The molecule has 6 N–H and O–H groups in total. The third kappa shape index (κ3) is 9.58. The Morgan fingerprint density at radius 3 is 1.55 bits per heavy atom. The molecule has 4 heterocycles. The molecule has 0 unspecified atom stereocenters. The second-order valence-corrected chi connectivity index (χ2v) is 22.3. The van der Waals surface area contributed by atoms with Crippen LogP contribution in [-0.2, 0) is 19.1 Å². The highest BCUT2D eigenvalue weighted by molar-refractivity contribution is 6.78. The Bertz CT molecular complexity index is 2140. The van der Waals surface area contributed by atoms with Gasteiger partial charge in [0.15, 0.2) is 0 Å². The molecule has 2 aromatic carbocycles. The van der Waals surface area contributed by atoms with Gasteiger partial charge in [-0.1, -0.05) is 89.3 Å². The number of nitrogens with zero attached hydrogens (tertiary/aromatic N) is 4. The largest absolute Gasteiger partial charge is 0.453 e. The Hall–Kier alpha value is -5.52. The van der Waals surface area contributed by atoms with Crippen molar-refractivity contribution in [3.05, 3.63) is 72.6 Å². The Balaban J connectivity index is 1.14. The number of benzene rings is 2. The molecule has 0 saturated carbocycles. The molecule has 0 bridgehead atoms. The number of amides is 4. The standard InChI is InChI=1S/C43H58N8O8Si/c1-24(2)36(52)34(48-42(56)58-5)40(54)50-19-9-10-32(50)38-44-20-30(46-38)28-15-11-26(12-16-28)27-13-17-29(18-14-27)31-21-45-39(47-31)33-22-60(7,8)23-51(33)41(55)35(37(53)25(3)4)49-43(57)59-6/h11-18,20-21,24-25,32-37,52-53H,9-10,19,22-23H2,1-8H3,(H,44,46)(H,45,47)(H,48,56)(H,49,57)/t32-,33-,34-,35-,36+,37+/m0/s1. The van der Waals surface area contributed by atoms with Gasteiger partial charge in [-0.2, -0.15) is 0 Å². The van der Waals surface area contributed by atoms with Crippen molar-refractivity contribution in [1.82, 2.24) is 40.4 Å². The number of nitrogens with one attached hydrogen (secondary N) is 4. The number of hydrogen-bond acceptors (Lipinski definition) is 10. The summed E-state index contributed by atoms with van der Waals surface area (Å²) in [7, 11) is 0.583. The Morgan fingerprint density at radius 1 is 0.700 bits per heavy atom. The minimum atomic E-state index is -1.86. The SMILES string of the molecule is COC(=O)N[C@H](C(=O)N1CCC[C@H]1c1ncc(-c2ccc(-c3ccc(-c4cnc([C@@H]5C[Si](C)(C)CN5C(=O)[C@@H](NC(=O)OC)[C@H](O)C(C)C)[nH]4)cc3)cc2)[nH]1)[C@H](O)C(C)C. The van der Waals surface area contributed by atoms with Crippen LogP contribution in [0.25, 0.3) is 33.6 Å². The van der Waals surface area contributed by atoms with E-state index in [4.69, 9.17) is 14.5 Å². The summed E-state index contributed by atoms with van der Waals surface area (Å²) in [5.74, 6) is 0.00326.